The topological polar surface area (TPSA) is 71.1 Å². The van der Waals surface area contributed by atoms with Gasteiger partial charge in [0.1, 0.15) is 9.88 Å². The first-order valence-corrected chi connectivity index (χ1v) is 9.48. The number of carbonyl (C=O) groups is 2. The van der Waals surface area contributed by atoms with Gasteiger partial charge in [-0.2, -0.15) is 0 Å². The second-order valence-corrected chi connectivity index (χ2v) is 7.37. The smallest absolute Gasteiger partial charge is 0.263 e. The zero-order valence-electron chi connectivity index (χ0n) is 15.3. The first kappa shape index (κ1) is 18.8. The van der Waals surface area contributed by atoms with Crippen LogP contribution in [0.4, 0.5) is 5.69 Å². The standard InChI is InChI=1S/C21H21N3O2S/c1-14-7-6-10-17(11-14)24-18(25)12-19-23-15(2)20(27-19)21(26)22-13-16-8-4-3-5-9-16/h3-11H,12-13H2,1-2H3,(H,22,26)(H,24,25). The molecule has 0 atom stereocenters. The van der Waals surface area contributed by atoms with E-state index in [4.69, 9.17) is 0 Å². The van der Waals surface area contributed by atoms with Crippen LogP contribution >= 0.6 is 11.3 Å². The molecule has 3 rings (SSSR count). The summed E-state index contributed by atoms with van der Waals surface area (Å²) in [6.07, 6.45) is 0.144. The van der Waals surface area contributed by atoms with E-state index in [0.717, 1.165) is 16.8 Å². The summed E-state index contributed by atoms with van der Waals surface area (Å²) in [6, 6.07) is 17.4. The van der Waals surface area contributed by atoms with E-state index in [2.05, 4.69) is 15.6 Å². The molecule has 0 aliphatic heterocycles. The minimum absolute atomic E-state index is 0.144. The van der Waals surface area contributed by atoms with Crippen LogP contribution < -0.4 is 10.6 Å². The molecular formula is C21H21N3O2S. The molecule has 0 spiro atoms. The van der Waals surface area contributed by atoms with Crippen LogP contribution in [0, 0.1) is 13.8 Å². The van der Waals surface area contributed by atoms with Crippen LogP contribution in [0.15, 0.2) is 54.6 Å². The molecular weight excluding hydrogens is 358 g/mol. The lowest BCUT2D eigenvalue weighted by Crippen LogP contribution is -2.22. The highest BCUT2D eigenvalue weighted by Crippen LogP contribution is 2.19. The molecule has 0 saturated carbocycles. The molecule has 0 aliphatic rings. The van der Waals surface area contributed by atoms with Gasteiger partial charge < -0.3 is 10.6 Å². The van der Waals surface area contributed by atoms with Crippen molar-refractivity contribution in [2.45, 2.75) is 26.8 Å². The van der Waals surface area contributed by atoms with Crippen LogP contribution in [0.3, 0.4) is 0 Å². The maximum Gasteiger partial charge on any atom is 0.263 e. The van der Waals surface area contributed by atoms with Gasteiger partial charge in [0.25, 0.3) is 5.91 Å². The molecule has 138 valence electrons. The molecule has 5 nitrogen and oxygen atoms in total. The van der Waals surface area contributed by atoms with E-state index in [0.29, 0.717) is 22.1 Å². The largest absolute Gasteiger partial charge is 0.347 e. The van der Waals surface area contributed by atoms with Gasteiger partial charge >= 0.3 is 0 Å². The quantitative estimate of drug-likeness (QED) is 0.683. The summed E-state index contributed by atoms with van der Waals surface area (Å²) in [5.74, 6) is -0.315. The van der Waals surface area contributed by atoms with E-state index >= 15 is 0 Å². The van der Waals surface area contributed by atoms with Gasteiger partial charge in [-0.15, -0.1) is 11.3 Å². The Kier molecular flexibility index (Phi) is 5.98. The maximum atomic E-state index is 12.4. The monoisotopic (exact) mass is 379 g/mol. The second-order valence-electron chi connectivity index (χ2n) is 6.28. The van der Waals surface area contributed by atoms with Crippen LogP contribution in [-0.2, 0) is 17.8 Å². The lowest BCUT2D eigenvalue weighted by Gasteiger charge is -2.04. The molecule has 6 heteroatoms. The van der Waals surface area contributed by atoms with Gasteiger partial charge in [-0.25, -0.2) is 4.98 Å². The van der Waals surface area contributed by atoms with Crippen molar-refractivity contribution in [2.75, 3.05) is 5.32 Å². The lowest BCUT2D eigenvalue weighted by molar-refractivity contribution is -0.115. The zero-order valence-corrected chi connectivity index (χ0v) is 16.1. The summed E-state index contributed by atoms with van der Waals surface area (Å²) in [6.45, 7) is 4.22. The van der Waals surface area contributed by atoms with E-state index in [1.54, 1.807) is 6.92 Å². The van der Waals surface area contributed by atoms with E-state index in [-0.39, 0.29) is 18.2 Å². The maximum absolute atomic E-state index is 12.4. The number of amides is 2. The SMILES string of the molecule is Cc1cccc(NC(=O)Cc2nc(C)c(C(=O)NCc3ccccc3)s2)c1. The number of thiazole rings is 1. The first-order chi connectivity index (χ1) is 13.0. The van der Waals surface area contributed by atoms with Crippen molar-refractivity contribution in [3.63, 3.8) is 0 Å². The zero-order chi connectivity index (χ0) is 19.2. The normalized spacial score (nSPS) is 10.4. The second kappa shape index (κ2) is 8.60. The van der Waals surface area contributed by atoms with Crippen molar-refractivity contribution in [1.82, 2.24) is 10.3 Å². The molecule has 0 saturated heterocycles. The van der Waals surface area contributed by atoms with Crippen molar-refractivity contribution >= 4 is 28.8 Å². The Balaban J connectivity index is 1.60. The predicted molar refractivity (Wildman–Crippen MR) is 108 cm³/mol. The number of nitrogens with one attached hydrogen (secondary N) is 2. The highest BCUT2D eigenvalue weighted by molar-refractivity contribution is 7.13. The summed E-state index contributed by atoms with van der Waals surface area (Å²) >= 11 is 1.26. The van der Waals surface area contributed by atoms with Crippen LogP contribution in [0.1, 0.15) is 31.5 Å². The molecule has 1 aromatic heterocycles. The minimum Gasteiger partial charge on any atom is -0.347 e. The third-order valence-corrected chi connectivity index (χ3v) is 5.11. The minimum atomic E-state index is -0.167. The van der Waals surface area contributed by atoms with Gasteiger partial charge in [0.05, 0.1) is 12.1 Å². The van der Waals surface area contributed by atoms with Gasteiger partial charge in [0, 0.05) is 12.2 Å². The summed E-state index contributed by atoms with van der Waals surface area (Å²) in [5, 5.41) is 6.39. The van der Waals surface area contributed by atoms with Gasteiger partial charge in [-0.1, -0.05) is 42.5 Å². The summed E-state index contributed by atoms with van der Waals surface area (Å²) in [5.41, 5.74) is 3.51. The number of hydrogen-bond acceptors (Lipinski definition) is 4. The molecule has 1 heterocycles. The number of nitrogens with zero attached hydrogens (tertiary/aromatic N) is 1. The number of hydrogen-bond donors (Lipinski definition) is 2. The number of rotatable bonds is 6. The molecule has 3 aromatic rings. The molecule has 2 N–H and O–H groups in total. The Morgan fingerprint density at radius 3 is 2.56 bits per heavy atom. The fourth-order valence-corrected chi connectivity index (χ4v) is 3.64. The predicted octanol–water partition coefficient (Wildman–Crippen LogP) is 3.87. The molecule has 0 radical (unpaired) electrons. The van der Waals surface area contributed by atoms with Gasteiger partial charge in [-0.3, -0.25) is 9.59 Å². The Morgan fingerprint density at radius 1 is 1.04 bits per heavy atom. The van der Waals surface area contributed by atoms with Crippen LogP contribution in [0.5, 0.6) is 0 Å². The van der Waals surface area contributed by atoms with Crippen LogP contribution in [0.25, 0.3) is 0 Å². The van der Waals surface area contributed by atoms with Crippen molar-refractivity contribution in [3.05, 3.63) is 81.3 Å². The van der Waals surface area contributed by atoms with E-state index in [9.17, 15) is 9.59 Å². The first-order valence-electron chi connectivity index (χ1n) is 8.66. The molecule has 27 heavy (non-hydrogen) atoms. The molecule has 2 aromatic carbocycles. The lowest BCUT2D eigenvalue weighted by atomic mass is 10.2. The third-order valence-electron chi connectivity index (χ3n) is 3.96. The molecule has 0 aliphatic carbocycles. The fraction of sp³-hybridized carbons (Fsp3) is 0.190. The Bertz CT molecular complexity index is 951. The number of benzene rings is 2. The highest BCUT2D eigenvalue weighted by atomic mass is 32.1. The van der Waals surface area contributed by atoms with Gasteiger partial charge in [-0.05, 0) is 37.1 Å². The number of carbonyl (C=O) groups excluding carboxylic acids is 2. The van der Waals surface area contributed by atoms with E-state index < -0.39 is 0 Å². The van der Waals surface area contributed by atoms with E-state index in [1.165, 1.54) is 11.3 Å². The summed E-state index contributed by atoms with van der Waals surface area (Å²) in [7, 11) is 0. The molecule has 0 fully saturated rings. The molecule has 2 amide bonds. The van der Waals surface area contributed by atoms with Crippen molar-refractivity contribution in [3.8, 4) is 0 Å². The number of anilines is 1. The molecule has 0 bridgehead atoms. The Morgan fingerprint density at radius 2 is 1.81 bits per heavy atom. The Labute approximate surface area is 162 Å². The van der Waals surface area contributed by atoms with Crippen LogP contribution in [-0.4, -0.2) is 16.8 Å². The summed E-state index contributed by atoms with van der Waals surface area (Å²) in [4.78, 5) is 29.6. The fourth-order valence-electron chi connectivity index (χ4n) is 2.66. The average Bonchev–Trinajstić information content (AvgIpc) is 3.00. The average molecular weight is 379 g/mol. The number of aryl methyl sites for hydroxylation is 2. The van der Waals surface area contributed by atoms with Crippen LogP contribution in [0.2, 0.25) is 0 Å². The summed E-state index contributed by atoms with van der Waals surface area (Å²) < 4.78 is 0. The van der Waals surface area contributed by atoms with Crippen molar-refractivity contribution < 1.29 is 9.59 Å². The van der Waals surface area contributed by atoms with Crippen molar-refractivity contribution in [1.29, 1.82) is 0 Å². The third kappa shape index (κ3) is 5.24. The van der Waals surface area contributed by atoms with Crippen molar-refractivity contribution in [2.24, 2.45) is 0 Å². The highest BCUT2D eigenvalue weighted by Gasteiger charge is 2.17. The van der Waals surface area contributed by atoms with Gasteiger partial charge in [0.15, 0.2) is 0 Å². The molecule has 0 unspecified atom stereocenters. The van der Waals surface area contributed by atoms with Gasteiger partial charge in [0.2, 0.25) is 5.91 Å². The number of aromatic nitrogens is 1. The Hall–Kier alpha value is -2.99. The van der Waals surface area contributed by atoms with E-state index in [1.807, 2.05) is 61.5 Å².